The van der Waals surface area contributed by atoms with Crippen LogP contribution in [0.4, 0.5) is 11.4 Å². The Labute approximate surface area is 139 Å². The summed E-state index contributed by atoms with van der Waals surface area (Å²) in [6.45, 7) is 3.71. The molecular formula is C17H18N4O3. The molecule has 1 amide bonds. The Hall–Kier alpha value is -3.22. The number of carbonyl (C=O) groups is 1. The summed E-state index contributed by atoms with van der Waals surface area (Å²) in [6, 6.07) is 13.1. The molecule has 0 unspecified atom stereocenters. The number of hydrazone groups is 1. The molecular weight excluding hydrogens is 308 g/mol. The Morgan fingerprint density at radius 1 is 1.25 bits per heavy atom. The summed E-state index contributed by atoms with van der Waals surface area (Å²) >= 11 is 0. The van der Waals surface area contributed by atoms with Crippen molar-refractivity contribution in [3.63, 3.8) is 0 Å². The molecule has 7 heteroatoms. The minimum absolute atomic E-state index is 0.00663. The summed E-state index contributed by atoms with van der Waals surface area (Å²) in [6.07, 6.45) is 1.43. The molecule has 2 N–H and O–H groups in total. The van der Waals surface area contributed by atoms with E-state index in [1.807, 2.05) is 31.2 Å². The summed E-state index contributed by atoms with van der Waals surface area (Å²) < 4.78 is 0. The van der Waals surface area contributed by atoms with Crippen molar-refractivity contribution in [1.82, 2.24) is 5.43 Å². The fourth-order valence-corrected chi connectivity index (χ4v) is 2.00. The number of benzene rings is 2. The Morgan fingerprint density at radius 2 is 1.96 bits per heavy atom. The van der Waals surface area contributed by atoms with Crippen LogP contribution >= 0.6 is 0 Å². The molecule has 0 bridgehead atoms. The van der Waals surface area contributed by atoms with Crippen LogP contribution in [0.2, 0.25) is 0 Å². The maximum atomic E-state index is 12.0. The van der Waals surface area contributed by atoms with Gasteiger partial charge in [0.25, 0.3) is 11.6 Å². The molecule has 2 aromatic rings. The maximum Gasteiger partial charge on any atom is 0.269 e. The van der Waals surface area contributed by atoms with Gasteiger partial charge < -0.3 is 5.32 Å². The second kappa shape index (κ2) is 7.87. The zero-order chi connectivity index (χ0) is 17.5. The highest BCUT2D eigenvalue weighted by molar-refractivity contribution is 5.86. The second-order valence-corrected chi connectivity index (χ2v) is 5.32. The molecule has 7 nitrogen and oxygen atoms in total. The largest absolute Gasteiger partial charge is 0.374 e. The fraction of sp³-hybridized carbons (Fsp3) is 0.176. The van der Waals surface area contributed by atoms with Gasteiger partial charge in [0, 0.05) is 17.8 Å². The van der Waals surface area contributed by atoms with Crippen molar-refractivity contribution in [3.8, 4) is 0 Å². The Kier molecular flexibility index (Phi) is 5.62. The molecule has 124 valence electrons. The Bertz CT molecular complexity index is 757. The fourth-order valence-electron chi connectivity index (χ4n) is 2.00. The molecule has 0 radical (unpaired) electrons. The normalized spacial score (nSPS) is 11.9. The molecule has 0 aliphatic carbocycles. The lowest BCUT2D eigenvalue weighted by molar-refractivity contribution is -0.384. The van der Waals surface area contributed by atoms with Crippen LogP contribution in [0.25, 0.3) is 0 Å². The monoisotopic (exact) mass is 326 g/mol. The highest BCUT2D eigenvalue weighted by atomic mass is 16.6. The number of hydrogen-bond acceptors (Lipinski definition) is 5. The first-order chi connectivity index (χ1) is 11.5. The molecule has 0 aromatic heterocycles. The van der Waals surface area contributed by atoms with Gasteiger partial charge in [0.05, 0.1) is 11.1 Å². The van der Waals surface area contributed by atoms with Crippen molar-refractivity contribution in [2.24, 2.45) is 5.10 Å². The van der Waals surface area contributed by atoms with E-state index in [4.69, 9.17) is 0 Å². The number of hydrogen-bond donors (Lipinski definition) is 2. The molecule has 0 saturated heterocycles. The summed E-state index contributed by atoms with van der Waals surface area (Å²) in [5, 5.41) is 17.5. The van der Waals surface area contributed by atoms with Gasteiger partial charge in [0.2, 0.25) is 0 Å². The third-order valence-electron chi connectivity index (χ3n) is 3.29. The molecule has 0 heterocycles. The lowest BCUT2D eigenvalue weighted by Gasteiger charge is -2.13. The number of nitro benzene ring substituents is 1. The van der Waals surface area contributed by atoms with Crippen molar-refractivity contribution in [2.75, 3.05) is 5.32 Å². The van der Waals surface area contributed by atoms with Crippen LogP contribution in [0.3, 0.4) is 0 Å². The SMILES string of the molecule is Cc1cccc(N[C@H](C)C(=O)N/N=C\c2ccc([N+](=O)[O-])cc2)c1. The molecule has 0 saturated carbocycles. The van der Waals surface area contributed by atoms with Crippen molar-refractivity contribution in [2.45, 2.75) is 19.9 Å². The number of anilines is 1. The molecule has 1 atom stereocenters. The van der Waals surface area contributed by atoms with Gasteiger partial charge in [-0.2, -0.15) is 5.10 Å². The van der Waals surface area contributed by atoms with Crippen molar-refractivity contribution < 1.29 is 9.72 Å². The van der Waals surface area contributed by atoms with E-state index in [2.05, 4.69) is 15.8 Å². The van der Waals surface area contributed by atoms with E-state index in [1.165, 1.54) is 18.3 Å². The van der Waals surface area contributed by atoms with E-state index in [9.17, 15) is 14.9 Å². The van der Waals surface area contributed by atoms with Crippen LogP contribution in [0.15, 0.2) is 53.6 Å². The van der Waals surface area contributed by atoms with E-state index < -0.39 is 11.0 Å². The van der Waals surface area contributed by atoms with Gasteiger partial charge in [-0.15, -0.1) is 0 Å². The third-order valence-corrected chi connectivity index (χ3v) is 3.29. The number of amides is 1. The average molecular weight is 326 g/mol. The number of carbonyl (C=O) groups excluding carboxylic acids is 1. The number of nitrogens with zero attached hydrogens (tertiary/aromatic N) is 2. The van der Waals surface area contributed by atoms with Crippen LogP contribution in [-0.4, -0.2) is 23.1 Å². The first kappa shape index (κ1) is 17.1. The van der Waals surface area contributed by atoms with Gasteiger partial charge in [-0.25, -0.2) is 5.43 Å². The summed E-state index contributed by atoms with van der Waals surface area (Å²) in [5.74, 6) is -0.283. The lowest BCUT2D eigenvalue weighted by atomic mass is 10.2. The van der Waals surface area contributed by atoms with Gasteiger partial charge in [-0.1, -0.05) is 12.1 Å². The van der Waals surface area contributed by atoms with Gasteiger partial charge in [0.15, 0.2) is 0 Å². The van der Waals surface area contributed by atoms with Crippen molar-refractivity contribution >= 4 is 23.5 Å². The zero-order valence-corrected chi connectivity index (χ0v) is 13.4. The number of rotatable bonds is 6. The molecule has 0 fully saturated rings. The minimum Gasteiger partial charge on any atom is -0.374 e. The zero-order valence-electron chi connectivity index (χ0n) is 13.4. The van der Waals surface area contributed by atoms with E-state index in [1.54, 1.807) is 19.1 Å². The first-order valence-electron chi connectivity index (χ1n) is 7.36. The lowest BCUT2D eigenvalue weighted by Crippen LogP contribution is -2.34. The Morgan fingerprint density at radius 3 is 2.58 bits per heavy atom. The molecule has 0 aliphatic heterocycles. The van der Waals surface area contributed by atoms with Gasteiger partial charge in [0.1, 0.15) is 6.04 Å². The van der Waals surface area contributed by atoms with Crippen LogP contribution in [0.5, 0.6) is 0 Å². The van der Waals surface area contributed by atoms with Crippen molar-refractivity contribution in [1.29, 1.82) is 0 Å². The highest BCUT2D eigenvalue weighted by Crippen LogP contribution is 2.11. The highest BCUT2D eigenvalue weighted by Gasteiger charge is 2.11. The number of non-ortho nitro benzene ring substituents is 1. The van der Waals surface area contributed by atoms with E-state index >= 15 is 0 Å². The van der Waals surface area contributed by atoms with Crippen LogP contribution in [0.1, 0.15) is 18.1 Å². The summed E-state index contributed by atoms with van der Waals surface area (Å²) in [5.41, 5.74) is 5.06. The predicted octanol–water partition coefficient (Wildman–Crippen LogP) is 2.85. The van der Waals surface area contributed by atoms with Gasteiger partial charge in [-0.05, 0) is 49.2 Å². The van der Waals surface area contributed by atoms with E-state index in [0.717, 1.165) is 11.3 Å². The summed E-state index contributed by atoms with van der Waals surface area (Å²) in [7, 11) is 0. The Balaban J connectivity index is 1.88. The number of nitro groups is 1. The summed E-state index contributed by atoms with van der Waals surface area (Å²) in [4.78, 5) is 22.1. The first-order valence-corrected chi connectivity index (χ1v) is 7.36. The van der Waals surface area contributed by atoms with Crippen molar-refractivity contribution in [3.05, 3.63) is 69.8 Å². The van der Waals surface area contributed by atoms with Crippen LogP contribution < -0.4 is 10.7 Å². The maximum absolute atomic E-state index is 12.0. The quantitative estimate of drug-likeness (QED) is 0.484. The molecule has 0 aliphatic rings. The van der Waals surface area contributed by atoms with Gasteiger partial charge >= 0.3 is 0 Å². The third kappa shape index (κ3) is 4.91. The number of aryl methyl sites for hydroxylation is 1. The van der Waals surface area contributed by atoms with E-state index in [0.29, 0.717) is 5.56 Å². The van der Waals surface area contributed by atoms with E-state index in [-0.39, 0.29) is 11.6 Å². The average Bonchev–Trinajstić information content (AvgIpc) is 2.55. The second-order valence-electron chi connectivity index (χ2n) is 5.32. The van der Waals surface area contributed by atoms with Crippen LogP contribution in [-0.2, 0) is 4.79 Å². The minimum atomic E-state index is -0.471. The molecule has 0 spiro atoms. The predicted molar refractivity (Wildman–Crippen MR) is 93.1 cm³/mol. The van der Waals surface area contributed by atoms with Gasteiger partial charge in [-0.3, -0.25) is 14.9 Å². The standard InChI is InChI=1S/C17H18N4O3/c1-12-4-3-5-15(10-12)19-13(2)17(22)20-18-11-14-6-8-16(9-7-14)21(23)24/h3-11,13,19H,1-2H3,(H,20,22)/b18-11-/t13-/m1/s1. The van der Waals surface area contributed by atoms with Crippen LogP contribution in [0, 0.1) is 17.0 Å². The smallest absolute Gasteiger partial charge is 0.269 e. The molecule has 24 heavy (non-hydrogen) atoms. The molecule has 2 rings (SSSR count). The number of nitrogens with one attached hydrogen (secondary N) is 2. The topological polar surface area (TPSA) is 96.6 Å². The molecule has 2 aromatic carbocycles.